The molecule has 2 rings (SSSR count). The Morgan fingerprint density at radius 2 is 1.57 bits per heavy atom. The van der Waals surface area contributed by atoms with Crippen LogP contribution in [0.25, 0.3) is 0 Å². The zero-order chi connectivity index (χ0) is 16.9. The molecule has 0 aliphatic heterocycles. The van der Waals surface area contributed by atoms with Crippen LogP contribution in [0.3, 0.4) is 0 Å². The molecule has 0 fully saturated rings. The Labute approximate surface area is 140 Å². The molecule has 0 unspecified atom stereocenters. The van der Waals surface area contributed by atoms with Gasteiger partial charge in [-0.1, -0.05) is 60.7 Å². The molecule has 23 heavy (non-hydrogen) atoms. The highest BCUT2D eigenvalue weighted by atomic mass is 32.2. The fourth-order valence-electron chi connectivity index (χ4n) is 2.05. The van der Waals surface area contributed by atoms with Crippen molar-refractivity contribution in [1.29, 1.82) is 0 Å². The average Bonchev–Trinajstić information content (AvgIpc) is 2.55. The Balaban J connectivity index is 2.31. The fourth-order valence-corrected chi connectivity index (χ4v) is 2.71. The van der Waals surface area contributed by atoms with E-state index in [1.807, 2.05) is 81.4 Å². The Hall–Kier alpha value is -1.78. The molecule has 0 aliphatic carbocycles. The summed E-state index contributed by atoms with van der Waals surface area (Å²) in [4.78, 5) is 0. The largest absolute Gasteiger partial charge is 0.388 e. The summed E-state index contributed by atoms with van der Waals surface area (Å²) in [6, 6.07) is 19.1. The van der Waals surface area contributed by atoms with Crippen LogP contribution in [0, 0.1) is 0 Å². The van der Waals surface area contributed by atoms with E-state index >= 15 is 0 Å². The highest BCUT2D eigenvalue weighted by Crippen LogP contribution is 2.21. The molecule has 2 atom stereocenters. The summed E-state index contributed by atoms with van der Waals surface area (Å²) >= 11 is 0. The van der Waals surface area contributed by atoms with Gasteiger partial charge in [-0.2, -0.15) is 4.40 Å². The standard InChI is InChI=1S/C19H23NO2S/c1-19(2,3)23(22)20-17(15-10-6-4-7-11-15)14-18(21)16-12-8-5-9-13-16/h4-13,18,21H,14H2,1-3H3/b20-17-/t18-,23+/m0/s1. The lowest BCUT2D eigenvalue weighted by Gasteiger charge is -2.17. The molecule has 0 aromatic heterocycles. The lowest BCUT2D eigenvalue weighted by molar-refractivity contribution is 0.186. The smallest absolute Gasteiger partial charge is 0.145 e. The van der Waals surface area contributed by atoms with Crippen molar-refractivity contribution >= 4 is 16.7 Å². The number of rotatable bonds is 5. The second-order valence-electron chi connectivity index (χ2n) is 6.40. The monoisotopic (exact) mass is 329 g/mol. The van der Waals surface area contributed by atoms with Crippen LogP contribution in [-0.2, 0) is 11.0 Å². The minimum absolute atomic E-state index is 0.329. The van der Waals surface area contributed by atoms with Gasteiger partial charge in [0.1, 0.15) is 11.0 Å². The molecule has 2 aromatic rings. The Kier molecular flexibility index (Phi) is 5.85. The maximum atomic E-state index is 12.4. The van der Waals surface area contributed by atoms with Crippen LogP contribution in [0.4, 0.5) is 0 Å². The highest BCUT2D eigenvalue weighted by molar-refractivity contribution is 7.85. The summed E-state index contributed by atoms with van der Waals surface area (Å²) in [6.45, 7) is 5.68. The van der Waals surface area contributed by atoms with E-state index in [2.05, 4.69) is 4.40 Å². The van der Waals surface area contributed by atoms with Gasteiger partial charge in [0.25, 0.3) is 0 Å². The molecule has 0 saturated heterocycles. The molecular formula is C19H23NO2S. The van der Waals surface area contributed by atoms with E-state index in [-0.39, 0.29) is 0 Å². The van der Waals surface area contributed by atoms with Crippen molar-refractivity contribution in [3.05, 3.63) is 71.8 Å². The minimum Gasteiger partial charge on any atom is -0.388 e. The number of aliphatic hydroxyl groups excluding tert-OH is 1. The number of nitrogens with zero attached hydrogens (tertiary/aromatic N) is 1. The second kappa shape index (κ2) is 7.66. The van der Waals surface area contributed by atoms with Gasteiger partial charge >= 0.3 is 0 Å². The molecule has 1 N–H and O–H groups in total. The van der Waals surface area contributed by atoms with Gasteiger partial charge in [-0.05, 0) is 31.9 Å². The van der Waals surface area contributed by atoms with Gasteiger partial charge in [0.2, 0.25) is 0 Å². The molecule has 3 nitrogen and oxygen atoms in total. The maximum Gasteiger partial charge on any atom is 0.145 e. The molecule has 0 radical (unpaired) electrons. The van der Waals surface area contributed by atoms with Crippen molar-refractivity contribution < 1.29 is 9.32 Å². The van der Waals surface area contributed by atoms with E-state index in [1.165, 1.54) is 0 Å². The molecular weight excluding hydrogens is 306 g/mol. The third-order valence-electron chi connectivity index (χ3n) is 3.40. The van der Waals surface area contributed by atoms with Crippen molar-refractivity contribution in [3.63, 3.8) is 0 Å². The van der Waals surface area contributed by atoms with Crippen LogP contribution >= 0.6 is 0 Å². The van der Waals surface area contributed by atoms with Crippen molar-refractivity contribution in [2.45, 2.75) is 38.0 Å². The number of hydrogen-bond acceptors (Lipinski definition) is 2. The summed E-state index contributed by atoms with van der Waals surface area (Å²) in [5.41, 5.74) is 2.38. The van der Waals surface area contributed by atoms with Gasteiger partial charge in [0.05, 0.1) is 16.6 Å². The quantitative estimate of drug-likeness (QED) is 0.841. The zero-order valence-corrected chi connectivity index (χ0v) is 14.6. The predicted octanol–water partition coefficient (Wildman–Crippen LogP) is 4.06. The minimum atomic E-state index is -1.36. The van der Waals surface area contributed by atoms with Crippen molar-refractivity contribution in [2.24, 2.45) is 4.40 Å². The molecule has 0 bridgehead atoms. The lowest BCUT2D eigenvalue weighted by atomic mass is 10.00. The summed E-state index contributed by atoms with van der Waals surface area (Å²) in [6.07, 6.45) is -0.345. The fraction of sp³-hybridized carbons (Fsp3) is 0.316. The van der Waals surface area contributed by atoms with Crippen LogP contribution in [0.2, 0.25) is 0 Å². The lowest BCUT2D eigenvalue weighted by Crippen LogP contribution is -2.21. The van der Waals surface area contributed by atoms with Gasteiger partial charge < -0.3 is 5.11 Å². The number of hydrogen-bond donors (Lipinski definition) is 1. The average molecular weight is 329 g/mol. The van der Waals surface area contributed by atoms with Crippen LogP contribution in [-0.4, -0.2) is 19.8 Å². The van der Waals surface area contributed by atoms with Crippen molar-refractivity contribution in [2.75, 3.05) is 0 Å². The molecule has 0 heterocycles. The van der Waals surface area contributed by atoms with Gasteiger partial charge in [0.15, 0.2) is 0 Å². The molecule has 0 saturated carbocycles. The van der Waals surface area contributed by atoms with E-state index < -0.39 is 21.8 Å². The van der Waals surface area contributed by atoms with Crippen molar-refractivity contribution in [1.82, 2.24) is 0 Å². The zero-order valence-electron chi connectivity index (χ0n) is 13.8. The Bertz CT molecular complexity index is 676. The van der Waals surface area contributed by atoms with E-state index in [0.717, 1.165) is 11.1 Å². The van der Waals surface area contributed by atoms with E-state index in [0.29, 0.717) is 12.1 Å². The number of aliphatic hydroxyl groups is 1. The van der Waals surface area contributed by atoms with Gasteiger partial charge in [-0.3, -0.25) is 0 Å². The van der Waals surface area contributed by atoms with E-state index in [9.17, 15) is 9.32 Å². The first-order valence-electron chi connectivity index (χ1n) is 7.66. The first kappa shape index (κ1) is 17.6. The van der Waals surface area contributed by atoms with Gasteiger partial charge in [-0.25, -0.2) is 4.21 Å². The van der Waals surface area contributed by atoms with Crippen LogP contribution < -0.4 is 0 Å². The first-order valence-corrected chi connectivity index (χ1v) is 8.76. The van der Waals surface area contributed by atoms with Gasteiger partial charge in [0, 0.05) is 6.42 Å². The normalized spacial score (nSPS) is 15.2. The molecule has 4 heteroatoms. The molecule has 0 aliphatic rings. The van der Waals surface area contributed by atoms with Gasteiger partial charge in [-0.15, -0.1) is 0 Å². The summed E-state index contributed by atoms with van der Waals surface area (Å²) in [5.74, 6) is 0. The SMILES string of the molecule is CC(C)(C)[S@@](=O)/N=C(/C[C@H](O)c1ccccc1)c1ccccc1. The first-order chi connectivity index (χ1) is 10.9. The summed E-state index contributed by atoms with van der Waals surface area (Å²) in [5, 5.41) is 10.5. The van der Waals surface area contributed by atoms with Crippen LogP contribution in [0.15, 0.2) is 65.1 Å². The van der Waals surface area contributed by atoms with E-state index in [1.54, 1.807) is 0 Å². The molecule has 122 valence electrons. The summed E-state index contributed by atoms with van der Waals surface area (Å²) < 4.78 is 16.4. The molecule has 0 amide bonds. The number of benzene rings is 2. The highest BCUT2D eigenvalue weighted by Gasteiger charge is 2.21. The molecule has 0 spiro atoms. The van der Waals surface area contributed by atoms with Crippen LogP contribution in [0.1, 0.15) is 44.4 Å². The third kappa shape index (κ3) is 5.12. The van der Waals surface area contributed by atoms with E-state index in [4.69, 9.17) is 0 Å². The topological polar surface area (TPSA) is 49.7 Å². The molecule has 2 aromatic carbocycles. The Morgan fingerprint density at radius 1 is 1.04 bits per heavy atom. The third-order valence-corrected chi connectivity index (χ3v) is 4.83. The predicted molar refractivity (Wildman–Crippen MR) is 96.9 cm³/mol. The maximum absolute atomic E-state index is 12.4. The second-order valence-corrected chi connectivity index (χ2v) is 8.30. The van der Waals surface area contributed by atoms with Crippen LogP contribution in [0.5, 0.6) is 0 Å². The van der Waals surface area contributed by atoms with Crippen molar-refractivity contribution in [3.8, 4) is 0 Å². The summed E-state index contributed by atoms with van der Waals surface area (Å²) in [7, 11) is -1.36. The Morgan fingerprint density at radius 3 is 2.09 bits per heavy atom.